The van der Waals surface area contributed by atoms with Gasteiger partial charge in [0.05, 0.1) is 4.90 Å². The maximum atomic E-state index is 12.9. The topological polar surface area (TPSA) is 104 Å². The molecule has 0 bridgehead atoms. The molecule has 0 radical (unpaired) electrons. The molecule has 3 aromatic rings. The maximum absolute atomic E-state index is 12.9. The molecule has 0 aliphatic heterocycles. The lowest BCUT2D eigenvalue weighted by molar-refractivity contribution is -0.137. The van der Waals surface area contributed by atoms with Gasteiger partial charge < -0.3 is 10.0 Å². The number of benzene rings is 3. The van der Waals surface area contributed by atoms with Gasteiger partial charge >= 0.3 is 5.97 Å². The second-order valence-corrected chi connectivity index (χ2v) is 10.4. The van der Waals surface area contributed by atoms with E-state index in [4.69, 9.17) is 5.11 Å². The molecule has 8 heteroatoms. The number of sulfonamides is 1. The highest BCUT2D eigenvalue weighted by Gasteiger charge is 2.27. The SMILES string of the molecule is Cc1ccc(S(=O)(=O)N[C@@H](Cc2ccc(-c3ccc(CCC(=O)O)cc3)cc2)C(=O)N(C)C)cc1. The zero-order valence-electron chi connectivity index (χ0n) is 20.1. The third-order valence-corrected chi connectivity index (χ3v) is 7.16. The van der Waals surface area contributed by atoms with Crippen LogP contribution in [0.1, 0.15) is 23.1 Å². The van der Waals surface area contributed by atoms with Crippen LogP contribution in [-0.4, -0.2) is 50.4 Å². The molecule has 7 nitrogen and oxygen atoms in total. The highest BCUT2D eigenvalue weighted by atomic mass is 32.2. The van der Waals surface area contributed by atoms with Crippen LogP contribution in [0.3, 0.4) is 0 Å². The normalized spacial score (nSPS) is 12.2. The highest BCUT2D eigenvalue weighted by Crippen LogP contribution is 2.22. The lowest BCUT2D eigenvalue weighted by atomic mass is 9.99. The van der Waals surface area contributed by atoms with Gasteiger partial charge in [-0.15, -0.1) is 0 Å². The first-order chi connectivity index (χ1) is 16.5. The number of aliphatic carboxylic acids is 1. The van der Waals surface area contributed by atoms with Crippen molar-refractivity contribution < 1.29 is 23.1 Å². The summed E-state index contributed by atoms with van der Waals surface area (Å²) in [5.41, 5.74) is 4.67. The van der Waals surface area contributed by atoms with E-state index in [1.54, 1.807) is 26.2 Å². The highest BCUT2D eigenvalue weighted by molar-refractivity contribution is 7.89. The molecule has 0 saturated heterocycles. The Hall–Kier alpha value is -3.49. The van der Waals surface area contributed by atoms with Crippen molar-refractivity contribution in [2.45, 2.75) is 37.1 Å². The van der Waals surface area contributed by atoms with Gasteiger partial charge in [-0.3, -0.25) is 9.59 Å². The molecule has 3 aromatic carbocycles. The van der Waals surface area contributed by atoms with Gasteiger partial charge in [-0.25, -0.2) is 8.42 Å². The Morgan fingerprint density at radius 2 is 1.37 bits per heavy atom. The molecule has 2 N–H and O–H groups in total. The summed E-state index contributed by atoms with van der Waals surface area (Å²) in [5, 5.41) is 8.83. The Kier molecular flexibility index (Phi) is 8.43. The van der Waals surface area contributed by atoms with Crippen molar-refractivity contribution in [1.29, 1.82) is 0 Å². The van der Waals surface area contributed by atoms with E-state index in [0.29, 0.717) is 6.42 Å². The second-order valence-electron chi connectivity index (χ2n) is 8.71. The van der Waals surface area contributed by atoms with Crippen LogP contribution in [0.15, 0.2) is 77.7 Å². The first kappa shape index (κ1) is 26.1. The summed E-state index contributed by atoms with van der Waals surface area (Å²) in [4.78, 5) is 25.0. The summed E-state index contributed by atoms with van der Waals surface area (Å²) in [7, 11) is -0.683. The zero-order chi connectivity index (χ0) is 25.6. The van der Waals surface area contributed by atoms with Crippen LogP contribution in [0.2, 0.25) is 0 Å². The number of hydrogen-bond donors (Lipinski definition) is 2. The third kappa shape index (κ3) is 7.24. The molecule has 0 saturated carbocycles. The van der Waals surface area contributed by atoms with Gasteiger partial charge in [0, 0.05) is 20.5 Å². The molecule has 0 fully saturated rings. The van der Waals surface area contributed by atoms with Gasteiger partial charge in [0.2, 0.25) is 15.9 Å². The van der Waals surface area contributed by atoms with Crippen LogP contribution < -0.4 is 4.72 Å². The van der Waals surface area contributed by atoms with Crippen LogP contribution in [-0.2, 0) is 32.5 Å². The average molecular weight is 495 g/mol. The van der Waals surface area contributed by atoms with Crippen molar-refractivity contribution in [3.63, 3.8) is 0 Å². The van der Waals surface area contributed by atoms with E-state index in [0.717, 1.165) is 27.8 Å². The fourth-order valence-electron chi connectivity index (χ4n) is 3.65. The number of carboxylic acids is 1. The molecule has 0 unspecified atom stereocenters. The van der Waals surface area contributed by atoms with Crippen molar-refractivity contribution in [1.82, 2.24) is 9.62 Å². The summed E-state index contributed by atoms with van der Waals surface area (Å²) < 4.78 is 28.4. The molecule has 184 valence electrons. The molecule has 0 aromatic heterocycles. The van der Waals surface area contributed by atoms with Crippen molar-refractivity contribution >= 4 is 21.9 Å². The Balaban J connectivity index is 1.75. The summed E-state index contributed by atoms with van der Waals surface area (Å²) in [5.74, 6) is -1.15. The Labute approximate surface area is 206 Å². The van der Waals surface area contributed by atoms with Gasteiger partial charge in [-0.1, -0.05) is 66.2 Å². The number of likely N-dealkylation sites (N-methyl/N-ethyl adjacent to an activating group) is 1. The van der Waals surface area contributed by atoms with E-state index in [-0.39, 0.29) is 23.6 Å². The molecule has 0 aliphatic carbocycles. The zero-order valence-corrected chi connectivity index (χ0v) is 20.9. The largest absolute Gasteiger partial charge is 0.481 e. The molecule has 3 rings (SSSR count). The van der Waals surface area contributed by atoms with Crippen LogP contribution in [0.4, 0.5) is 0 Å². The molecule has 0 spiro atoms. The van der Waals surface area contributed by atoms with Crippen molar-refractivity contribution in [2.24, 2.45) is 0 Å². The second kappa shape index (κ2) is 11.3. The van der Waals surface area contributed by atoms with E-state index >= 15 is 0 Å². The standard InChI is InChI=1S/C27H30N2O5S/c1-19-4-15-24(16-5-19)35(33,34)28-25(27(32)29(2)3)18-21-8-13-23(14-9-21)22-11-6-20(7-12-22)10-17-26(30)31/h4-9,11-16,25,28H,10,17-18H2,1-3H3,(H,30,31)/t25-/m0/s1. The molecule has 35 heavy (non-hydrogen) atoms. The average Bonchev–Trinajstić information content (AvgIpc) is 2.82. The first-order valence-corrected chi connectivity index (χ1v) is 12.7. The van der Waals surface area contributed by atoms with E-state index in [2.05, 4.69) is 4.72 Å². The van der Waals surface area contributed by atoms with Crippen molar-refractivity contribution in [3.8, 4) is 11.1 Å². The van der Waals surface area contributed by atoms with Crippen LogP contribution in [0.25, 0.3) is 11.1 Å². The number of nitrogens with one attached hydrogen (secondary N) is 1. The summed E-state index contributed by atoms with van der Waals surface area (Å²) in [6, 6.07) is 20.9. The summed E-state index contributed by atoms with van der Waals surface area (Å²) in [6.07, 6.45) is 0.777. The van der Waals surface area contributed by atoms with E-state index in [1.807, 2.05) is 55.5 Å². The molecule has 0 heterocycles. The molecule has 1 amide bonds. The predicted molar refractivity (Wildman–Crippen MR) is 136 cm³/mol. The van der Waals surface area contributed by atoms with Gasteiger partial charge in [-0.05, 0) is 54.2 Å². The van der Waals surface area contributed by atoms with Gasteiger partial charge in [0.25, 0.3) is 0 Å². The maximum Gasteiger partial charge on any atom is 0.303 e. The Bertz CT molecular complexity index is 1270. The van der Waals surface area contributed by atoms with Crippen LogP contribution >= 0.6 is 0 Å². The smallest absolute Gasteiger partial charge is 0.303 e. The first-order valence-electron chi connectivity index (χ1n) is 11.3. The van der Waals surface area contributed by atoms with Crippen molar-refractivity contribution in [3.05, 3.63) is 89.5 Å². The van der Waals surface area contributed by atoms with Crippen molar-refractivity contribution in [2.75, 3.05) is 14.1 Å². The predicted octanol–water partition coefficient (Wildman–Crippen LogP) is 3.66. The molecular weight excluding hydrogens is 464 g/mol. The number of carbonyl (C=O) groups excluding carboxylic acids is 1. The van der Waals surface area contributed by atoms with E-state index in [9.17, 15) is 18.0 Å². The number of hydrogen-bond acceptors (Lipinski definition) is 4. The van der Waals surface area contributed by atoms with Crippen LogP contribution in [0, 0.1) is 6.92 Å². The van der Waals surface area contributed by atoms with Gasteiger partial charge in [0.1, 0.15) is 6.04 Å². The number of carboxylic acid groups (broad SMARTS) is 1. The molecular formula is C27H30N2O5S. The monoisotopic (exact) mass is 494 g/mol. The number of amides is 1. The van der Waals surface area contributed by atoms with E-state index in [1.165, 1.54) is 17.0 Å². The quantitative estimate of drug-likeness (QED) is 0.448. The number of carbonyl (C=O) groups is 2. The lowest BCUT2D eigenvalue weighted by Crippen LogP contribution is -2.47. The number of nitrogens with zero attached hydrogens (tertiary/aromatic N) is 1. The van der Waals surface area contributed by atoms with Gasteiger partial charge in [0.15, 0.2) is 0 Å². The van der Waals surface area contributed by atoms with E-state index < -0.39 is 22.0 Å². The number of rotatable bonds is 10. The fourth-order valence-corrected chi connectivity index (χ4v) is 4.84. The molecule has 0 aliphatic rings. The Morgan fingerprint density at radius 1 is 0.857 bits per heavy atom. The summed E-state index contributed by atoms with van der Waals surface area (Å²) in [6.45, 7) is 1.87. The fraction of sp³-hybridized carbons (Fsp3) is 0.259. The molecule has 1 atom stereocenters. The minimum atomic E-state index is -3.87. The third-order valence-electron chi connectivity index (χ3n) is 5.68. The Morgan fingerprint density at radius 3 is 1.86 bits per heavy atom. The van der Waals surface area contributed by atoms with Gasteiger partial charge in [-0.2, -0.15) is 4.72 Å². The van der Waals surface area contributed by atoms with Crippen LogP contribution in [0.5, 0.6) is 0 Å². The lowest BCUT2D eigenvalue weighted by Gasteiger charge is -2.22. The minimum absolute atomic E-state index is 0.0918. The number of aryl methyl sites for hydroxylation is 2. The minimum Gasteiger partial charge on any atom is -0.481 e. The summed E-state index contributed by atoms with van der Waals surface area (Å²) >= 11 is 0.